The maximum absolute atomic E-state index is 2.48. The molecule has 6 nitrogen and oxygen atoms in total. The van der Waals surface area contributed by atoms with Crippen LogP contribution in [-0.2, 0) is 0 Å². The van der Waals surface area contributed by atoms with E-state index in [2.05, 4.69) is 573 Å². The standard InChI is InChI=1S/3C46H30N2/c1-3-11-31(12-4-1)33-19-25-36(26-20-33)47-42-18-10-8-16-40(42)45-43(47)30-24-35-23-29-39-38-15-7-9-17-41(38)48(46(39)44(35)45)37-27-21-34(22-28-37)32-13-5-2-6-14-32;1-3-11-31(12-4-1)33-19-25-36(26-20-33)47-40-17-9-7-15-38(40)45-42(47)29-23-35-24-30-43-46(44(35)45)39-16-8-10-18-41(39)48(43)37-27-21-34(22-28-37)32-13-5-2-6-14-32;1-3-11-31(12-4-1)33-19-24-36(25-20-33)47-42-29-23-35-15-7-8-16-38(35)44(42)45-43(47)30-28-40-39-17-9-10-18-41(39)48(46(40)45)37-26-21-34(22-27-37)32-13-5-2-6-14-32/h3*1-30H. The van der Waals surface area contributed by atoms with Crippen molar-refractivity contribution in [2.45, 2.75) is 0 Å². The minimum absolute atomic E-state index is 1.15. The fourth-order valence-electron chi connectivity index (χ4n) is 23.2. The van der Waals surface area contributed by atoms with Gasteiger partial charge in [0.15, 0.2) is 0 Å². The van der Waals surface area contributed by atoms with Gasteiger partial charge in [-0.15, -0.1) is 0 Å². The summed E-state index contributed by atoms with van der Waals surface area (Å²) in [6.07, 6.45) is 0. The van der Waals surface area contributed by atoms with Crippen molar-refractivity contribution in [2.75, 3.05) is 0 Å². The molecule has 0 aliphatic rings. The lowest BCUT2D eigenvalue weighted by Crippen LogP contribution is -1.95. The molecule has 0 atom stereocenters. The van der Waals surface area contributed by atoms with Gasteiger partial charge in [0, 0.05) is 110 Å². The summed E-state index contributed by atoms with van der Waals surface area (Å²) in [4.78, 5) is 0. The number of aromatic nitrogens is 6. The molecule has 0 fully saturated rings. The smallest absolute Gasteiger partial charge is 0.0641 e. The van der Waals surface area contributed by atoms with Crippen molar-refractivity contribution in [3.63, 3.8) is 0 Å². The van der Waals surface area contributed by atoms with Gasteiger partial charge in [0.25, 0.3) is 0 Å². The second-order valence-electron chi connectivity index (χ2n) is 37.6. The number of benzene rings is 24. The van der Waals surface area contributed by atoms with Gasteiger partial charge in [-0.05, 0) is 222 Å². The Bertz CT molecular complexity index is 10000. The fourth-order valence-corrected chi connectivity index (χ4v) is 23.2. The van der Waals surface area contributed by atoms with E-state index in [-0.39, 0.29) is 0 Å². The summed E-state index contributed by atoms with van der Waals surface area (Å²) >= 11 is 0. The zero-order valence-corrected chi connectivity index (χ0v) is 78.6. The Morgan fingerprint density at radius 3 is 0.604 bits per heavy atom. The van der Waals surface area contributed by atoms with Gasteiger partial charge in [-0.1, -0.05) is 413 Å². The Balaban J connectivity index is 0.000000105. The molecule has 0 unspecified atom stereocenters. The van der Waals surface area contributed by atoms with E-state index < -0.39 is 0 Å². The Labute approximate surface area is 831 Å². The molecule has 0 bridgehead atoms. The molecule has 0 aliphatic heterocycles. The molecule has 0 saturated carbocycles. The van der Waals surface area contributed by atoms with Crippen molar-refractivity contribution in [3.8, 4) is 101 Å². The highest BCUT2D eigenvalue weighted by atomic mass is 15.0. The van der Waals surface area contributed by atoms with Gasteiger partial charge in [-0.25, -0.2) is 0 Å². The highest BCUT2D eigenvalue weighted by Crippen LogP contribution is 2.50. The van der Waals surface area contributed by atoms with Gasteiger partial charge in [-0.3, -0.25) is 0 Å². The molecule has 24 aromatic carbocycles. The van der Waals surface area contributed by atoms with Crippen molar-refractivity contribution in [3.05, 3.63) is 546 Å². The van der Waals surface area contributed by atoms with Crippen LogP contribution in [-0.4, -0.2) is 27.4 Å². The quantitative estimate of drug-likeness (QED) is 0.117. The lowest BCUT2D eigenvalue weighted by Gasteiger charge is -2.13. The van der Waals surface area contributed by atoms with Crippen LogP contribution in [0.5, 0.6) is 0 Å². The summed E-state index contributed by atoms with van der Waals surface area (Å²) in [5, 5.41) is 22.9. The van der Waals surface area contributed by atoms with Crippen LogP contribution in [0.3, 0.4) is 0 Å². The maximum atomic E-state index is 2.48. The molecule has 0 radical (unpaired) electrons. The molecular weight excluding hydrogens is 1740 g/mol. The zero-order valence-electron chi connectivity index (χ0n) is 78.6. The van der Waals surface area contributed by atoms with E-state index in [9.17, 15) is 0 Å². The third-order valence-electron chi connectivity index (χ3n) is 29.8. The van der Waals surface area contributed by atoms with E-state index in [1.54, 1.807) is 0 Å². The molecule has 0 N–H and O–H groups in total. The largest absolute Gasteiger partial charge is 0.309 e. The van der Waals surface area contributed by atoms with Crippen molar-refractivity contribution >= 4 is 163 Å². The maximum Gasteiger partial charge on any atom is 0.0641 e. The van der Waals surface area contributed by atoms with Crippen molar-refractivity contribution in [1.82, 2.24) is 27.4 Å². The Morgan fingerprint density at radius 2 is 0.285 bits per heavy atom. The average Bonchev–Trinajstić information content (AvgIpc) is 1.54. The number of hydrogen-bond donors (Lipinski definition) is 0. The minimum Gasteiger partial charge on any atom is -0.309 e. The molecular formula is C138H90N6. The van der Waals surface area contributed by atoms with Crippen molar-refractivity contribution in [1.29, 1.82) is 0 Å². The molecule has 0 spiro atoms. The SMILES string of the molecule is c1ccc(-c2ccc(-n3c4ccc5ccccc5c4c4c3ccc3c5ccccc5n(-c5ccc(-c6ccccc6)cc5)c34)cc2)cc1.c1ccc(-c2ccc(-n3c4ccccc4c4c5c(ccc43)ccc3c5c4ccccc4n3-c3ccc(-c4ccccc4)cc3)cc2)cc1.c1ccc(-c2ccc(-n3c4ccccc4c4c5c(ccc6c7ccccc7n(-c7ccc(-c8ccccc8)cc7)c65)ccc43)cc2)cc1. The van der Waals surface area contributed by atoms with Gasteiger partial charge in [0.05, 0.1) is 66.2 Å². The Morgan fingerprint density at radius 1 is 0.0903 bits per heavy atom. The third-order valence-corrected chi connectivity index (χ3v) is 29.8. The van der Waals surface area contributed by atoms with E-state index in [0.29, 0.717) is 0 Å². The zero-order chi connectivity index (χ0) is 94.8. The normalized spacial score (nSPS) is 11.8. The monoisotopic (exact) mass is 1830 g/mol. The summed E-state index contributed by atoms with van der Waals surface area (Å²) in [6.45, 7) is 0. The highest BCUT2D eigenvalue weighted by molar-refractivity contribution is 6.35. The van der Waals surface area contributed by atoms with E-state index in [1.807, 2.05) is 0 Å². The van der Waals surface area contributed by atoms with Gasteiger partial charge < -0.3 is 27.4 Å². The van der Waals surface area contributed by atoms with E-state index >= 15 is 0 Å². The van der Waals surface area contributed by atoms with E-state index in [4.69, 9.17) is 0 Å². The topological polar surface area (TPSA) is 29.6 Å². The van der Waals surface area contributed by atoms with Gasteiger partial charge >= 0.3 is 0 Å². The van der Waals surface area contributed by atoms with Gasteiger partial charge in [0.1, 0.15) is 0 Å². The van der Waals surface area contributed by atoms with E-state index in [1.165, 1.54) is 230 Å². The van der Waals surface area contributed by atoms with Crippen LogP contribution in [0.1, 0.15) is 0 Å². The van der Waals surface area contributed by atoms with Crippen LogP contribution >= 0.6 is 0 Å². The van der Waals surface area contributed by atoms with Gasteiger partial charge in [0.2, 0.25) is 0 Å². The highest BCUT2D eigenvalue weighted by Gasteiger charge is 2.27. The molecule has 6 heterocycles. The number of para-hydroxylation sites is 5. The summed E-state index contributed by atoms with van der Waals surface area (Å²) < 4.78 is 14.7. The lowest BCUT2D eigenvalue weighted by atomic mass is 9.98. The van der Waals surface area contributed by atoms with Crippen molar-refractivity contribution in [2.24, 2.45) is 0 Å². The van der Waals surface area contributed by atoms with Crippen molar-refractivity contribution < 1.29 is 0 Å². The lowest BCUT2D eigenvalue weighted by molar-refractivity contribution is 1.17. The molecule has 30 rings (SSSR count). The average molecular weight is 1830 g/mol. The van der Waals surface area contributed by atoms with Crippen LogP contribution in [0.25, 0.3) is 264 Å². The molecule has 0 aliphatic carbocycles. The Kier molecular flexibility index (Phi) is 19.9. The van der Waals surface area contributed by atoms with Crippen LogP contribution in [0.4, 0.5) is 0 Å². The first-order chi connectivity index (χ1) is 71.5. The summed E-state index contributed by atoms with van der Waals surface area (Å²) in [7, 11) is 0. The number of rotatable bonds is 12. The predicted molar refractivity (Wildman–Crippen MR) is 610 cm³/mol. The summed E-state index contributed by atoms with van der Waals surface area (Å²) in [5.74, 6) is 0. The summed E-state index contributed by atoms with van der Waals surface area (Å²) in [6, 6.07) is 198. The first-order valence-electron chi connectivity index (χ1n) is 49.6. The van der Waals surface area contributed by atoms with Crippen LogP contribution in [0, 0.1) is 0 Å². The molecule has 6 aromatic heterocycles. The molecule has 30 aromatic rings. The number of nitrogens with zero attached hydrogens (tertiary/aromatic N) is 6. The molecule has 0 saturated heterocycles. The first-order valence-corrected chi connectivity index (χ1v) is 49.6. The third kappa shape index (κ3) is 13.7. The van der Waals surface area contributed by atoms with E-state index in [0.717, 1.165) is 34.1 Å². The minimum atomic E-state index is 1.15. The van der Waals surface area contributed by atoms with Crippen LogP contribution in [0.2, 0.25) is 0 Å². The molecule has 672 valence electrons. The Hall–Kier alpha value is -19.1. The van der Waals surface area contributed by atoms with Crippen LogP contribution < -0.4 is 0 Å². The molecule has 0 amide bonds. The number of hydrogen-bond acceptors (Lipinski definition) is 0. The molecule has 144 heavy (non-hydrogen) atoms. The summed E-state index contributed by atoms with van der Waals surface area (Å²) in [5.41, 5.74) is 36.2. The first kappa shape index (κ1) is 83.1. The fraction of sp³-hybridized carbons (Fsp3) is 0. The predicted octanol–water partition coefficient (Wildman–Crippen LogP) is 37.1. The van der Waals surface area contributed by atoms with Crippen LogP contribution in [0.15, 0.2) is 546 Å². The second kappa shape index (κ2) is 34.5. The number of fused-ring (bicyclic) bond motifs is 27. The second-order valence-corrected chi connectivity index (χ2v) is 37.6. The van der Waals surface area contributed by atoms with Gasteiger partial charge in [-0.2, -0.15) is 0 Å². The molecule has 6 heteroatoms.